The minimum absolute atomic E-state index is 0.0445. The number of esters is 1. The Morgan fingerprint density at radius 1 is 1.28 bits per heavy atom. The van der Waals surface area contributed by atoms with Gasteiger partial charge in [0.25, 0.3) is 5.91 Å². The number of nitrogens with zero attached hydrogens (tertiary/aromatic N) is 3. The second-order valence-corrected chi connectivity index (χ2v) is 10.7. The first-order valence-corrected chi connectivity index (χ1v) is 13.1. The second kappa shape index (κ2) is 10.8. The molecule has 0 bridgehead atoms. The van der Waals surface area contributed by atoms with E-state index in [2.05, 4.69) is 0 Å². The van der Waals surface area contributed by atoms with E-state index in [9.17, 15) is 28.3 Å². The zero-order valence-electron chi connectivity index (χ0n) is 21.7. The third-order valence-corrected chi connectivity index (χ3v) is 8.26. The van der Waals surface area contributed by atoms with Gasteiger partial charge in [-0.15, -0.1) is 0 Å². The number of rotatable bonds is 6. The van der Waals surface area contributed by atoms with Gasteiger partial charge in [0.05, 0.1) is 17.7 Å². The van der Waals surface area contributed by atoms with Crippen molar-refractivity contribution in [1.82, 2.24) is 9.58 Å². The van der Waals surface area contributed by atoms with Gasteiger partial charge >= 0.3 is 5.97 Å². The van der Waals surface area contributed by atoms with Crippen molar-refractivity contribution >= 4 is 33.7 Å². The van der Waals surface area contributed by atoms with Crippen molar-refractivity contribution in [2.45, 2.75) is 44.7 Å². The van der Waals surface area contributed by atoms with Crippen molar-refractivity contribution in [3.05, 3.63) is 63.1 Å². The molecule has 39 heavy (non-hydrogen) atoms. The van der Waals surface area contributed by atoms with Gasteiger partial charge in [-0.25, -0.2) is 8.78 Å². The number of fused-ring (bicyclic) bond motifs is 1. The molecule has 1 spiro atoms. The number of carbonyl (C=O) groups excluding carboxylic acids is 2. The minimum Gasteiger partial charge on any atom is -0.502 e. The molecule has 3 N–H and O–H groups in total. The van der Waals surface area contributed by atoms with E-state index in [0.29, 0.717) is 43.6 Å². The quantitative estimate of drug-likeness (QED) is 0.280. The summed E-state index contributed by atoms with van der Waals surface area (Å²) in [6, 6.07) is 2.97. The van der Waals surface area contributed by atoms with Crippen molar-refractivity contribution in [2.24, 2.45) is 5.92 Å². The highest BCUT2D eigenvalue weighted by atomic mass is 32.2. The molecule has 13 heteroatoms. The van der Waals surface area contributed by atoms with Gasteiger partial charge in [0, 0.05) is 38.7 Å². The molecule has 1 aromatic carbocycles. The summed E-state index contributed by atoms with van der Waals surface area (Å²) in [7, 11) is 3.03. The topological polar surface area (TPSA) is 140 Å². The Morgan fingerprint density at radius 3 is 2.64 bits per heavy atom. The maximum absolute atomic E-state index is 14.0. The summed E-state index contributed by atoms with van der Waals surface area (Å²) in [6.07, 6.45) is 2.90. The van der Waals surface area contributed by atoms with Crippen molar-refractivity contribution in [2.75, 3.05) is 25.7 Å². The van der Waals surface area contributed by atoms with Crippen molar-refractivity contribution < 1.29 is 28.2 Å². The number of nitrogens with one attached hydrogen (secondary N) is 2. The van der Waals surface area contributed by atoms with Crippen LogP contribution in [0.1, 0.15) is 54.2 Å². The standard InChI is InChI=1S/C26H29F2N5O5S/c1-4-32-25(37)21-23(36)22(35)17(24(30)39-19(29)10-15-5-6-16(27)11-18(15)28)13-33(21)31(2)26(32)8-7-14(12-26)9-20(34)38-3/h5-6,11,13-14,29-30,36H,4,7-10,12H2,1-3H3. The Balaban J connectivity index is 1.66. The number of benzene rings is 1. The highest BCUT2D eigenvalue weighted by molar-refractivity contribution is 8.26. The van der Waals surface area contributed by atoms with Crippen LogP contribution < -0.4 is 10.4 Å². The van der Waals surface area contributed by atoms with E-state index < -0.39 is 34.4 Å². The first kappa shape index (κ1) is 28.3. The van der Waals surface area contributed by atoms with Gasteiger partial charge in [-0.3, -0.25) is 34.9 Å². The molecule has 2 unspecified atom stereocenters. The molecule has 2 atom stereocenters. The highest BCUT2D eigenvalue weighted by Gasteiger charge is 2.53. The van der Waals surface area contributed by atoms with E-state index in [-0.39, 0.29) is 51.6 Å². The van der Waals surface area contributed by atoms with Crippen molar-refractivity contribution in [1.29, 1.82) is 10.8 Å². The molecule has 1 aromatic heterocycles. The smallest absolute Gasteiger partial charge is 0.305 e. The number of halogens is 2. The number of aromatic nitrogens is 1. The summed E-state index contributed by atoms with van der Waals surface area (Å²) in [5.41, 5.74) is -2.20. The lowest BCUT2D eigenvalue weighted by Crippen LogP contribution is -2.68. The molecule has 1 aliphatic carbocycles. The van der Waals surface area contributed by atoms with Gasteiger partial charge < -0.3 is 14.7 Å². The number of aromatic hydroxyl groups is 1. The molecule has 2 aliphatic rings. The third kappa shape index (κ3) is 5.02. The number of carbonyl (C=O) groups is 2. The lowest BCUT2D eigenvalue weighted by molar-refractivity contribution is -0.141. The number of methoxy groups -OCH3 is 1. The molecule has 4 rings (SSSR count). The number of amides is 1. The van der Waals surface area contributed by atoms with E-state index in [1.54, 1.807) is 23.9 Å². The number of thioether (sulfide) groups is 1. The summed E-state index contributed by atoms with van der Waals surface area (Å²) in [5.74, 6) is -3.33. The molecule has 0 saturated heterocycles. The molecule has 1 fully saturated rings. The van der Waals surface area contributed by atoms with Crippen LogP contribution in [0.5, 0.6) is 5.75 Å². The van der Waals surface area contributed by atoms with Crippen LogP contribution >= 0.6 is 11.8 Å². The molecule has 208 valence electrons. The molecule has 1 aliphatic heterocycles. The van der Waals surface area contributed by atoms with Gasteiger partial charge in [-0.05, 0) is 43.7 Å². The fourth-order valence-corrected chi connectivity index (χ4v) is 6.23. The maximum atomic E-state index is 14.0. The molecule has 1 amide bonds. The molecule has 2 heterocycles. The van der Waals surface area contributed by atoms with Crippen LogP contribution in [0.25, 0.3) is 0 Å². The fourth-order valence-electron chi connectivity index (χ4n) is 5.50. The summed E-state index contributed by atoms with van der Waals surface area (Å²) < 4.78 is 33.4. The van der Waals surface area contributed by atoms with E-state index in [1.165, 1.54) is 24.0 Å². The van der Waals surface area contributed by atoms with Crippen molar-refractivity contribution in [3.8, 4) is 5.75 Å². The highest BCUT2D eigenvalue weighted by Crippen LogP contribution is 2.45. The number of pyridine rings is 1. The number of ether oxygens (including phenoxy) is 1. The average molecular weight is 562 g/mol. The van der Waals surface area contributed by atoms with Crippen LogP contribution in [0.2, 0.25) is 0 Å². The first-order valence-electron chi connectivity index (χ1n) is 12.3. The average Bonchev–Trinajstić information content (AvgIpc) is 3.30. The predicted octanol–water partition coefficient (Wildman–Crippen LogP) is 3.21. The van der Waals surface area contributed by atoms with Gasteiger partial charge in [-0.2, -0.15) is 0 Å². The third-order valence-electron chi connectivity index (χ3n) is 7.44. The Labute approximate surface area is 227 Å². The number of hydrogen-bond acceptors (Lipinski definition) is 9. The fraction of sp³-hybridized carbons (Fsp3) is 0.423. The normalized spacial score (nSPS) is 20.3. The lowest BCUT2D eigenvalue weighted by Gasteiger charge is -2.52. The first-order chi connectivity index (χ1) is 18.4. The van der Waals surface area contributed by atoms with Crippen LogP contribution in [0.15, 0.2) is 29.2 Å². The Morgan fingerprint density at radius 2 is 2.00 bits per heavy atom. The second-order valence-electron chi connectivity index (χ2n) is 9.63. The predicted molar refractivity (Wildman–Crippen MR) is 142 cm³/mol. The Bertz CT molecular complexity index is 1430. The largest absolute Gasteiger partial charge is 0.502 e. The van der Waals surface area contributed by atoms with Crippen molar-refractivity contribution in [3.63, 3.8) is 0 Å². The molecule has 2 aromatic rings. The zero-order valence-corrected chi connectivity index (χ0v) is 22.5. The van der Waals surface area contributed by atoms with Crippen LogP contribution in [0.3, 0.4) is 0 Å². The van der Waals surface area contributed by atoms with Crippen LogP contribution in [0.4, 0.5) is 8.78 Å². The zero-order chi connectivity index (χ0) is 28.6. The van der Waals surface area contributed by atoms with E-state index in [4.69, 9.17) is 15.6 Å². The summed E-state index contributed by atoms with van der Waals surface area (Å²) in [4.78, 5) is 40.1. The lowest BCUT2D eigenvalue weighted by atomic mass is 9.98. The van der Waals surface area contributed by atoms with E-state index >= 15 is 0 Å². The summed E-state index contributed by atoms with van der Waals surface area (Å²) in [6.45, 7) is 2.09. The van der Waals surface area contributed by atoms with Gasteiger partial charge in [0.15, 0.2) is 11.4 Å². The molecular weight excluding hydrogens is 532 g/mol. The molecule has 1 saturated carbocycles. The van der Waals surface area contributed by atoms with E-state index in [0.717, 1.165) is 6.07 Å². The van der Waals surface area contributed by atoms with Crippen LogP contribution in [-0.4, -0.2) is 63.0 Å². The maximum Gasteiger partial charge on any atom is 0.305 e. The van der Waals surface area contributed by atoms with Crippen LogP contribution in [-0.2, 0) is 16.0 Å². The van der Waals surface area contributed by atoms with Gasteiger partial charge in [-0.1, -0.05) is 17.8 Å². The van der Waals surface area contributed by atoms with E-state index in [1.807, 2.05) is 0 Å². The van der Waals surface area contributed by atoms with Gasteiger partial charge in [0.2, 0.25) is 5.43 Å². The molecular formula is C26H29F2N5O5S. The summed E-state index contributed by atoms with van der Waals surface area (Å²) >= 11 is 0.591. The molecule has 0 radical (unpaired) electrons. The SMILES string of the molecule is CCN1C(=O)c2c(O)c(=O)c(C(=N)SC(=N)Cc3ccc(F)cc3F)cn2N(C)C12CCC(CC(=O)OC)C2. The molecule has 10 nitrogen and oxygen atoms in total. The van der Waals surface area contributed by atoms with Gasteiger partial charge in [0.1, 0.15) is 22.3 Å². The van der Waals surface area contributed by atoms with Crippen LogP contribution in [0, 0.1) is 28.4 Å². The summed E-state index contributed by atoms with van der Waals surface area (Å²) in [5, 5.41) is 28.7. The number of hydrogen-bond donors (Lipinski definition) is 3. The minimum atomic E-state index is -0.941. The Hall–Kier alpha value is -3.74. The Kier molecular flexibility index (Phi) is 7.82. The monoisotopic (exact) mass is 561 g/mol.